The Morgan fingerprint density at radius 1 is 1.42 bits per heavy atom. The Morgan fingerprint density at radius 2 is 2.00 bits per heavy atom. The van der Waals surface area contributed by atoms with Gasteiger partial charge in [-0.05, 0) is 30.0 Å². The van der Waals surface area contributed by atoms with Gasteiger partial charge in [-0.1, -0.05) is 6.92 Å². The van der Waals surface area contributed by atoms with Crippen LogP contribution < -0.4 is 0 Å². The van der Waals surface area contributed by atoms with Gasteiger partial charge >= 0.3 is 0 Å². The molecule has 0 saturated heterocycles. The zero-order chi connectivity index (χ0) is 8.97. The molecule has 2 nitrogen and oxygen atoms in total. The molecule has 1 atom stereocenters. The Morgan fingerprint density at radius 3 is 2.42 bits per heavy atom. The summed E-state index contributed by atoms with van der Waals surface area (Å²) in [5.74, 6) is 1.02. The normalized spacial score (nSPS) is 12.8. The van der Waals surface area contributed by atoms with E-state index in [0.717, 1.165) is 10.6 Å². The van der Waals surface area contributed by atoms with E-state index in [1.807, 2.05) is 12.1 Å². The molecule has 0 aliphatic carbocycles. The molecule has 0 amide bonds. The lowest BCUT2D eigenvalue weighted by atomic mass is 10.4. The summed E-state index contributed by atoms with van der Waals surface area (Å²) < 4.78 is 19.3. The van der Waals surface area contributed by atoms with Crippen molar-refractivity contribution in [1.82, 2.24) is 0 Å². The lowest BCUT2D eigenvalue weighted by molar-refractivity contribution is 0.564. The van der Waals surface area contributed by atoms with E-state index in [0.29, 0.717) is 4.90 Å². The topological polar surface area (TPSA) is 37.3 Å². The third kappa shape index (κ3) is 2.62. The van der Waals surface area contributed by atoms with Crippen LogP contribution in [0.5, 0.6) is 0 Å². The molecular weight excluding hydrogens is 192 g/mol. The first-order valence-electron chi connectivity index (χ1n) is 3.57. The van der Waals surface area contributed by atoms with Gasteiger partial charge in [-0.2, -0.15) is 0 Å². The molecule has 1 aromatic carbocycles. The van der Waals surface area contributed by atoms with Gasteiger partial charge in [0.1, 0.15) is 0 Å². The third-order valence-corrected chi connectivity index (χ3v) is 2.91. The Kier molecular flexibility index (Phi) is 3.78. The highest BCUT2D eigenvalue weighted by molar-refractivity contribution is 7.99. The molecule has 0 aliphatic rings. The summed E-state index contributed by atoms with van der Waals surface area (Å²) in [5, 5.41) is 0. The minimum absolute atomic E-state index is 0.454. The minimum atomic E-state index is -1.85. The molecule has 0 saturated carbocycles. The highest BCUT2D eigenvalue weighted by atomic mass is 32.2. The zero-order valence-corrected chi connectivity index (χ0v) is 8.32. The van der Waals surface area contributed by atoms with Crippen molar-refractivity contribution < 1.29 is 8.76 Å². The molecule has 1 aromatic rings. The van der Waals surface area contributed by atoms with Crippen LogP contribution in [0, 0.1) is 0 Å². The molecular formula is C8H10O2S2. The van der Waals surface area contributed by atoms with E-state index < -0.39 is 11.1 Å². The van der Waals surface area contributed by atoms with E-state index in [-0.39, 0.29) is 0 Å². The number of hydrogen-bond acceptors (Lipinski definition) is 2. The Balaban J connectivity index is 2.78. The van der Waals surface area contributed by atoms with Gasteiger partial charge in [-0.25, -0.2) is 4.21 Å². The van der Waals surface area contributed by atoms with Crippen LogP contribution in [0.2, 0.25) is 0 Å². The molecule has 0 spiro atoms. The first-order chi connectivity index (χ1) is 5.74. The van der Waals surface area contributed by atoms with Crippen LogP contribution in [-0.4, -0.2) is 14.5 Å². The summed E-state index contributed by atoms with van der Waals surface area (Å²) in [6.07, 6.45) is 0. The highest BCUT2D eigenvalue weighted by Crippen LogP contribution is 2.18. The van der Waals surface area contributed by atoms with E-state index in [4.69, 9.17) is 4.55 Å². The van der Waals surface area contributed by atoms with Crippen molar-refractivity contribution in [1.29, 1.82) is 0 Å². The van der Waals surface area contributed by atoms with Gasteiger partial charge < -0.3 is 4.55 Å². The largest absolute Gasteiger partial charge is 0.302 e. The van der Waals surface area contributed by atoms with Crippen LogP contribution in [0.15, 0.2) is 34.1 Å². The monoisotopic (exact) mass is 202 g/mol. The summed E-state index contributed by atoms with van der Waals surface area (Å²) in [6.45, 7) is 2.07. The van der Waals surface area contributed by atoms with Crippen molar-refractivity contribution in [2.75, 3.05) is 5.75 Å². The highest BCUT2D eigenvalue weighted by Gasteiger charge is 1.98. The smallest absolute Gasteiger partial charge is 0.186 e. The molecule has 0 aromatic heterocycles. The van der Waals surface area contributed by atoms with Crippen molar-refractivity contribution in [2.24, 2.45) is 0 Å². The number of hydrogen-bond donors (Lipinski definition) is 1. The maximum absolute atomic E-state index is 10.6. The fraction of sp³-hybridized carbons (Fsp3) is 0.250. The second-order valence-electron chi connectivity index (χ2n) is 2.15. The Bertz CT molecular complexity index is 269. The number of benzene rings is 1. The molecule has 66 valence electrons. The predicted molar refractivity (Wildman–Crippen MR) is 51.9 cm³/mol. The molecule has 0 radical (unpaired) electrons. The second-order valence-corrected chi connectivity index (χ2v) is 4.46. The fourth-order valence-corrected chi connectivity index (χ4v) is 1.85. The molecule has 0 heterocycles. The molecule has 1 unspecified atom stereocenters. The SMILES string of the molecule is CCSc1ccc(S(=O)O)cc1. The summed E-state index contributed by atoms with van der Waals surface area (Å²) in [4.78, 5) is 1.59. The quantitative estimate of drug-likeness (QED) is 0.604. The van der Waals surface area contributed by atoms with E-state index in [1.54, 1.807) is 23.9 Å². The van der Waals surface area contributed by atoms with Gasteiger partial charge in [0.05, 0.1) is 4.90 Å². The number of thioether (sulfide) groups is 1. The van der Waals surface area contributed by atoms with Crippen molar-refractivity contribution in [3.8, 4) is 0 Å². The Hall–Kier alpha value is -0.320. The van der Waals surface area contributed by atoms with E-state index in [1.165, 1.54) is 0 Å². The van der Waals surface area contributed by atoms with E-state index in [9.17, 15) is 4.21 Å². The first-order valence-corrected chi connectivity index (χ1v) is 5.67. The van der Waals surface area contributed by atoms with Crippen molar-refractivity contribution in [2.45, 2.75) is 16.7 Å². The summed E-state index contributed by atoms with van der Waals surface area (Å²) in [6, 6.07) is 7.07. The van der Waals surface area contributed by atoms with Crippen LogP contribution in [0.25, 0.3) is 0 Å². The predicted octanol–water partition coefficient (Wildman–Crippen LogP) is 2.38. The van der Waals surface area contributed by atoms with Crippen LogP contribution in [0.4, 0.5) is 0 Å². The first kappa shape index (κ1) is 9.77. The van der Waals surface area contributed by atoms with Crippen LogP contribution >= 0.6 is 11.8 Å². The van der Waals surface area contributed by atoms with E-state index in [2.05, 4.69) is 6.92 Å². The van der Waals surface area contributed by atoms with E-state index >= 15 is 0 Å². The average Bonchev–Trinajstić information content (AvgIpc) is 2.06. The van der Waals surface area contributed by atoms with Gasteiger partial charge in [0.15, 0.2) is 11.1 Å². The van der Waals surface area contributed by atoms with Crippen molar-refractivity contribution in [3.05, 3.63) is 24.3 Å². The molecule has 1 rings (SSSR count). The summed E-state index contributed by atoms with van der Waals surface area (Å²) >= 11 is -0.135. The standard InChI is InChI=1S/C8H10O2S2/c1-2-11-7-3-5-8(6-4-7)12(9)10/h3-6H,2H2,1H3,(H,9,10). The fourth-order valence-electron chi connectivity index (χ4n) is 0.819. The third-order valence-electron chi connectivity index (χ3n) is 1.34. The molecule has 0 aliphatic heterocycles. The molecule has 4 heteroatoms. The summed E-state index contributed by atoms with van der Waals surface area (Å²) in [7, 11) is 0. The Labute approximate surface area is 78.7 Å². The van der Waals surface area contributed by atoms with Crippen LogP contribution in [0.1, 0.15) is 6.92 Å². The maximum Gasteiger partial charge on any atom is 0.186 e. The van der Waals surface area contributed by atoms with Gasteiger partial charge in [0.25, 0.3) is 0 Å². The minimum Gasteiger partial charge on any atom is -0.302 e. The van der Waals surface area contributed by atoms with Crippen LogP contribution in [0.3, 0.4) is 0 Å². The van der Waals surface area contributed by atoms with Gasteiger partial charge in [-0.15, -0.1) is 11.8 Å². The lowest BCUT2D eigenvalue weighted by Gasteiger charge is -1.98. The van der Waals surface area contributed by atoms with Gasteiger partial charge in [0.2, 0.25) is 0 Å². The summed E-state index contributed by atoms with van der Waals surface area (Å²) in [5.41, 5.74) is 0. The number of rotatable bonds is 3. The molecule has 0 bridgehead atoms. The maximum atomic E-state index is 10.6. The second kappa shape index (κ2) is 4.64. The van der Waals surface area contributed by atoms with Crippen LogP contribution in [-0.2, 0) is 11.1 Å². The molecule has 1 N–H and O–H groups in total. The van der Waals surface area contributed by atoms with Crippen molar-refractivity contribution >= 4 is 22.8 Å². The van der Waals surface area contributed by atoms with Crippen molar-refractivity contribution in [3.63, 3.8) is 0 Å². The van der Waals surface area contributed by atoms with Gasteiger partial charge in [0, 0.05) is 4.90 Å². The average molecular weight is 202 g/mol. The van der Waals surface area contributed by atoms with Gasteiger partial charge in [-0.3, -0.25) is 0 Å². The lowest BCUT2D eigenvalue weighted by Crippen LogP contribution is -1.86. The molecule has 0 fully saturated rings. The zero-order valence-electron chi connectivity index (χ0n) is 6.69. The molecule has 12 heavy (non-hydrogen) atoms.